The summed E-state index contributed by atoms with van der Waals surface area (Å²) in [6.07, 6.45) is -2.62. The minimum Gasteiger partial charge on any atom is -0.294 e. The normalized spacial score (nSPS) is 16.1. The molecule has 0 saturated heterocycles. The molecule has 0 bridgehead atoms. The molecule has 0 aromatic carbocycles. The van der Waals surface area contributed by atoms with Crippen molar-refractivity contribution in [1.82, 2.24) is 9.97 Å². The van der Waals surface area contributed by atoms with Gasteiger partial charge in [0.2, 0.25) is 0 Å². The van der Waals surface area contributed by atoms with Gasteiger partial charge in [0.1, 0.15) is 12.2 Å². The van der Waals surface area contributed by atoms with Gasteiger partial charge in [0, 0.05) is 12.6 Å². The molecule has 1 aliphatic carbocycles. The summed E-state index contributed by atoms with van der Waals surface area (Å²) < 4.78 is 36.3. The lowest BCUT2D eigenvalue weighted by molar-refractivity contribution is -0.128. The standard InChI is InChI=1S/C10H9F3N2O/c11-10(12,13)4-9-14-5-6-7(15-9)2-1-3-8(6)16/h5H,1-4H2. The van der Waals surface area contributed by atoms with E-state index < -0.39 is 12.6 Å². The monoisotopic (exact) mass is 230 g/mol. The Kier molecular flexibility index (Phi) is 2.65. The summed E-state index contributed by atoms with van der Waals surface area (Å²) in [5, 5.41) is 0. The van der Waals surface area contributed by atoms with Crippen molar-refractivity contribution in [1.29, 1.82) is 0 Å². The van der Waals surface area contributed by atoms with Crippen LogP contribution in [0.4, 0.5) is 13.2 Å². The van der Waals surface area contributed by atoms with Gasteiger partial charge in [-0.1, -0.05) is 0 Å². The smallest absolute Gasteiger partial charge is 0.294 e. The van der Waals surface area contributed by atoms with Crippen molar-refractivity contribution in [3.8, 4) is 0 Å². The second-order valence-corrected chi connectivity index (χ2v) is 3.72. The van der Waals surface area contributed by atoms with E-state index in [2.05, 4.69) is 9.97 Å². The molecule has 1 heterocycles. The number of ketones is 1. The number of aryl methyl sites for hydroxylation is 1. The highest BCUT2D eigenvalue weighted by molar-refractivity contribution is 5.97. The Labute approximate surface area is 89.7 Å². The maximum atomic E-state index is 12.1. The number of carbonyl (C=O) groups excluding carboxylic acids is 1. The highest BCUT2D eigenvalue weighted by Gasteiger charge is 2.30. The first kappa shape index (κ1) is 11.0. The Balaban J connectivity index is 2.29. The molecule has 2 rings (SSSR count). The molecule has 6 heteroatoms. The van der Waals surface area contributed by atoms with Gasteiger partial charge in [-0.15, -0.1) is 0 Å². The fourth-order valence-electron chi connectivity index (χ4n) is 1.70. The summed E-state index contributed by atoms with van der Waals surface area (Å²) in [5.74, 6) is -0.347. The number of carbonyl (C=O) groups is 1. The lowest BCUT2D eigenvalue weighted by atomic mass is 9.96. The fourth-order valence-corrected chi connectivity index (χ4v) is 1.70. The van der Waals surface area contributed by atoms with E-state index in [0.29, 0.717) is 30.5 Å². The molecule has 16 heavy (non-hydrogen) atoms. The Morgan fingerprint density at radius 2 is 2.06 bits per heavy atom. The van der Waals surface area contributed by atoms with Crippen LogP contribution in [0.2, 0.25) is 0 Å². The van der Waals surface area contributed by atoms with Crippen molar-refractivity contribution < 1.29 is 18.0 Å². The van der Waals surface area contributed by atoms with Crippen LogP contribution in [0.25, 0.3) is 0 Å². The molecule has 0 aliphatic heterocycles. The van der Waals surface area contributed by atoms with Crippen LogP contribution in [0.3, 0.4) is 0 Å². The van der Waals surface area contributed by atoms with Crippen LogP contribution in [-0.2, 0) is 12.8 Å². The Bertz CT molecular complexity index is 429. The predicted octanol–water partition coefficient (Wildman–Crippen LogP) is 2.10. The highest BCUT2D eigenvalue weighted by Crippen LogP contribution is 2.22. The Morgan fingerprint density at radius 3 is 2.75 bits per heavy atom. The van der Waals surface area contributed by atoms with Crippen molar-refractivity contribution in [2.24, 2.45) is 0 Å². The van der Waals surface area contributed by atoms with Crippen LogP contribution in [0.15, 0.2) is 6.20 Å². The summed E-state index contributed by atoms with van der Waals surface area (Å²) >= 11 is 0. The van der Waals surface area contributed by atoms with Crippen molar-refractivity contribution in [3.63, 3.8) is 0 Å². The number of nitrogens with zero attached hydrogens (tertiary/aromatic N) is 2. The molecule has 0 atom stereocenters. The Morgan fingerprint density at radius 1 is 1.31 bits per heavy atom. The average Bonchev–Trinajstić information content (AvgIpc) is 2.15. The lowest BCUT2D eigenvalue weighted by Crippen LogP contribution is -2.18. The number of aromatic nitrogens is 2. The Hall–Kier alpha value is -1.46. The van der Waals surface area contributed by atoms with E-state index >= 15 is 0 Å². The van der Waals surface area contributed by atoms with E-state index in [4.69, 9.17) is 0 Å². The van der Waals surface area contributed by atoms with E-state index in [1.54, 1.807) is 0 Å². The largest absolute Gasteiger partial charge is 0.396 e. The van der Waals surface area contributed by atoms with Gasteiger partial charge < -0.3 is 0 Å². The summed E-state index contributed by atoms with van der Waals surface area (Å²) in [6, 6.07) is 0. The second-order valence-electron chi connectivity index (χ2n) is 3.72. The van der Waals surface area contributed by atoms with Crippen molar-refractivity contribution in [3.05, 3.63) is 23.3 Å². The molecule has 3 nitrogen and oxygen atoms in total. The molecule has 0 unspecified atom stereocenters. The number of alkyl halides is 3. The molecule has 1 aromatic rings. The van der Waals surface area contributed by atoms with Gasteiger partial charge in [-0.2, -0.15) is 13.2 Å². The molecule has 0 amide bonds. The lowest BCUT2D eigenvalue weighted by Gasteiger charge is -2.14. The van der Waals surface area contributed by atoms with Crippen molar-refractivity contribution in [2.75, 3.05) is 0 Å². The second kappa shape index (κ2) is 3.84. The van der Waals surface area contributed by atoms with E-state index in [9.17, 15) is 18.0 Å². The van der Waals surface area contributed by atoms with Crippen LogP contribution in [0.1, 0.15) is 34.7 Å². The van der Waals surface area contributed by atoms with Crippen molar-refractivity contribution in [2.45, 2.75) is 31.9 Å². The third-order valence-corrected chi connectivity index (χ3v) is 2.39. The first-order valence-corrected chi connectivity index (χ1v) is 4.90. The van der Waals surface area contributed by atoms with Crippen LogP contribution < -0.4 is 0 Å². The number of fused-ring (bicyclic) bond motifs is 1. The molecular weight excluding hydrogens is 221 g/mol. The topological polar surface area (TPSA) is 42.9 Å². The molecule has 0 fully saturated rings. The zero-order valence-electron chi connectivity index (χ0n) is 8.34. The molecular formula is C10H9F3N2O. The van der Waals surface area contributed by atoms with Gasteiger partial charge in [-0.25, -0.2) is 9.97 Å². The van der Waals surface area contributed by atoms with Gasteiger partial charge in [0.15, 0.2) is 5.78 Å². The number of Topliss-reactive ketones (excluding diaryl/α,β-unsaturated/α-hetero) is 1. The van der Waals surface area contributed by atoms with Gasteiger partial charge in [0.05, 0.1) is 11.3 Å². The summed E-state index contributed by atoms with van der Waals surface area (Å²) in [7, 11) is 0. The average molecular weight is 230 g/mol. The zero-order chi connectivity index (χ0) is 11.8. The third kappa shape index (κ3) is 2.37. The zero-order valence-corrected chi connectivity index (χ0v) is 8.34. The molecule has 0 radical (unpaired) electrons. The number of rotatable bonds is 1. The number of hydrogen-bond donors (Lipinski definition) is 0. The first-order chi connectivity index (χ1) is 7.46. The van der Waals surface area contributed by atoms with E-state index in [1.165, 1.54) is 6.20 Å². The molecule has 86 valence electrons. The summed E-state index contributed by atoms with van der Waals surface area (Å²) in [6.45, 7) is 0. The predicted molar refractivity (Wildman–Crippen MR) is 49.1 cm³/mol. The minimum atomic E-state index is -4.31. The molecule has 0 saturated carbocycles. The minimum absolute atomic E-state index is 0.0835. The first-order valence-electron chi connectivity index (χ1n) is 4.90. The molecule has 0 N–H and O–H groups in total. The maximum Gasteiger partial charge on any atom is 0.396 e. The van der Waals surface area contributed by atoms with Gasteiger partial charge in [-0.05, 0) is 12.8 Å². The highest BCUT2D eigenvalue weighted by atomic mass is 19.4. The van der Waals surface area contributed by atoms with Crippen LogP contribution in [0, 0.1) is 0 Å². The van der Waals surface area contributed by atoms with Crippen LogP contribution in [-0.4, -0.2) is 21.9 Å². The molecule has 1 aliphatic rings. The SMILES string of the molecule is O=C1CCCc2nc(CC(F)(F)F)ncc21. The van der Waals surface area contributed by atoms with Gasteiger partial charge >= 0.3 is 6.18 Å². The number of halogens is 3. The third-order valence-electron chi connectivity index (χ3n) is 2.39. The number of hydrogen-bond acceptors (Lipinski definition) is 3. The van der Waals surface area contributed by atoms with E-state index in [1.807, 2.05) is 0 Å². The van der Waals surface area contributed by atoms with Gasteiger partial charge in [-0.3, -0.25) is 4.79 Å². The molecule has 1 aromatic heterocycles. The van der Waals surface area contributed by atoms with E-state index in [0.717, 1.165) is 0 Å². The summed E-state index contributed by atoms with van der Waals surface area (Å²) in [5.41, 5.74) is 0.822. The fraction of sp³-hybridized carbons (Fsp3) is 0.500. The quantitative estimate of drug-likeness (QED) is 0.742. The van der Waals surface area contributed by atoms with Crippen molar-refractivity contribution >= 4 is 5.78 Å². The van der Waals surface area contributed by atoms with Gasteiger partial charge in [0.25, 0.3) is 0 Å². The van der Waals surface area contributed by atoms with Crippen LogP contribution >= 0.6 is 0 Å². The van der Waals surface area contributed by atoms with Crippen LogP contribution in [0.5, 0.6) is 0 Å². The van der Waals surface area contributed by atoms with E-state index in [-0.39, 0.29) is 11.6 Å². The molecule has 0 spiro atoms. The maximum absolute atomic E-state index is 12.1. The summed E-state index contributed by atoms with van der Waals surface area (Å²) in [4.78, 5) is 18.8.